The van der Waals surface area contributed by atoms with Crippen LogP contribution in [0.3, 0.4) is 0 Å². The summed E-state index contributed by atoms with van der Waals surface area (Å²) >= 11 is 0. The lowest BCUT2D eigenvalue weighted by atomic mass is 10.2. The van der Waals surface area contributed by atoms with Gasteiger partial charge in [0.25, 0.3) is 0 Å². The second kappa shape index (κ2) is 8.38. The van der Waals surface area contributed by atoms with Gasteiger partial charge in [-0.25, -0.2) is 0 Å². The van der Waals surface area contributed by atoms with Crippen molar-refractivity contribution in [1.29, 1.82) is 0 Å². The van der Waals surface area contributed by atoms with Crippen LogP contribution in [-0.4, -0.2) is 31.1 Å². The second-order valence-corrected chi connectivity index (χ2v) is 6.23. The highest BCUT2D eigenvalue weighted by molar-refractivity contribution is 6.03. The van der Waals surface area contributed by atoms with Gasteiger partial charge in [-0.05, 0) is 31.2 Å². The second-order valence-electron chi connectivity index (χ2n) is 6.23. The van der Waals surface area contributed by atoms with Crippen LogP contribution in [0.5, 0.6) is 11.5 Å². The van der Waals surface area contributed by atoms with Gasteiger partial charge < -0.3 is 20.1 Å². The van der Waals surface area contributed by atoms with Crippen LogP contribution in [-0.2, 0) is 9.59 Å². The summed E-state index contributed by atoms with van der Waals surface area (Å²) in [6.07, 6.45) is 0.282. The summed E-state index contributed by atoms with van der Waals surface area (Å²) in [4.78, 5) is 23.8. The zero-order valence-corrected chi connectivity index (χ0v) is 14.7. The lowest BCUT2D eigenvalue weighted by Crippen LogP contribution is -2.35. The molecule has 6 heteroatoms. The fraction of sp³-hybridized carbons (Fsp3) is 0.300. The molecule has 6 nitrogen and oxygen atoms in total. The maximum absolute atomic E-state index is 11.9. The minimum atomic E-state index is -0.336. The summed E-state index contributed by atoms with van der Waals surface area (Å²) in [6.45, 7) is 2.84. The van der Waals surface area contributed by atoms with E-state index < -0.39 is 0 Å². The molecule has 0 aromatic heterocycles. The maximum atomic E-state index is 11.9. The fourth-order valence-electron chi connectivity index (χ4n) is 2.63. The Morgan fingerprint density at radius 1 is 1.04 bits per heavy atom. The average molecular weight is 354 g/mol. The summed E-state index contributed by atoms with van der Waals surface area (Å²) in [5.41, 5.74) is 1.79. The molecule has 136 valence electrons. The van der Waals surface area contributed by atoms with Crippen molar-refractivity contribution in [3.63, 3.8) is 0 Å². The molecule has 0 spiro atoms. The molecule has 1 aliphatic rings. The highest BCUT2D eigenvalue weighted by atomic mass is 16.6. The van der Waals surface area contributed by atoms with Crippen LogP contribution in [0.4, 0.5) is 5.69 Å². The number of carbonyl (C=O) groups is 2. The van der Waals surface area contributed by atoms with Gasteiger partial charge in [0, 0.05) is 18.7 Å². The average Bonchev–Trinajstić information content (AvgIpc) is 2.63. The molecule has 1 atom stereocenters. The van der Waals surface area contributed by atoms with E-state index in [9.17, 15) is 9.59 Å². The van der Waals surface area contributed by atoms with Crippen molar-refractivity contribution in [2.24, 2.45) is 0 Å². The molecule has 26 heavy (non-hydrogen) atoms. The summed E-state index contributed by atoms with van der Waals surface area (Å²) < 4.78 is 11.5. The predicted octanol–water partition coefficient (Wildman–Crippen LogP) is 2.67. The molecular formula is C20H22N2O4. The lowest BCUT2D eigenvalue weighted by Gasteiger charge is -2.26. The van der Waals surface area contributed by atoms with Gasteiger partial charge in [-0.15, -0.1) is 0 Å². The van der Waals surface area contributed by atoms with Crippen LogP contribution < -0.4 is 20.1 Å². The number of nitrogens with one attached hydrogen (secondary N) is 2. The molecule has 3 rings (SSSR count). The van der Waals surface area contributed by atoms with Gasteiger partial charge in [-0.3, -0.25) is 9.59 Å². The Kier molecular flexibility index (Phi) is 5.73. The van der Waals surface area contributed by atoms with E-state index in [1.807, 2.05) is 55.5 Å². The van der Waals surface area contributed by atoms with Gasteiger partial charge in [0.1, 0.15) is 19.1 Å². The lowest BCUT2D eigenvalue weighted by molar-refractivity contribution is -0.126. The normalized spacial score (nSPS) is 15.2. The number of para-hydroxylation sites is 2. The van der Waals surface area contributed by atoms with E-state index in [-0.39, 0.29) is 24.3 Å². The Morgan fingerprint density at radius 2 is 1.77 bits per heavy atom. The van der Waals surface area contributed by atoms with Crippen molar-refractivity contribution in [3.8, 4) is 11.5 Å². The third-order valence-corrected chi connectivity index (χ3v) is 4.01. The van der Waals surface area contributed by atoms with E-state index >= 15 is 0 Å². The Hall–Kier alpha value is -3.02. The number of hydrogen-bond acceptors (Lipinski definition) is 4. The zero-order valence-electron chi connectivity index (χ0n) is 14.7. The Labute approximate surface area is 152 Å². The van der Waals surface area contributed by atoms with Gasteiger partial charge in [0.05, 0.1) is 0 Å². The summed E-state index contributed by atoms with van der Waals surface area (Å²) in [7, 11) is 0. The molecule has 0 saturated heterocycles. The van der Waals surface area contributed by atoms with Gasteiger partial charge >= 0.3 is 0 Å². The summed E-state index contributed by atoms with van der Waals surface area (Å²) in [5.74, 6) is 0.803. The smallest absolute Gasteiger partial charge is 0.233 e. The molecule has 0 bridgehead atoms. The van der Waals surface area contributed by atoms with E-state index in [4.69, 9.17) is 9.47 Å². The Morgan fingerprint density at radius 3 is 2.54 bits per heavy atom. The number of fused-ring (bicyclic) bond motifs is 1. The van der Waals surface area contributed by atoms with Crippen LogP contribution in [0.25, 0.3) is 0 Å². The van der Waals surface area contributed by atoms with E-state index in [0.29, 0.717) is 31.0 Å². The quantitative estimate of drug-likeness (QED) is 0.782. The van der Waals surface area contributed by atoms with E-state index in [0.717, 1.165) is 11.3 Å². The number of ether oxygens (including phenoxy) is 2. The number of aryl methyl sites for hydroxylation is 1. The molecule has 0 aliphatic carbocycles. The van der Waals surface area contributed by atoms with Crippen LogP contribution in [0.1, 0.15) is 18.4 Å². The van der Waals surface area contributed by atoms with Gasteiger partial charge in [0.2, 0.25) is 11.8 Å². The molecule has 2 aromatic carbocycles. The van der Waals surface area contributed by atoms with Crippen molar-refractivity contribution in [3.05, 3.63) is 54.1 Å². The Bertz CT molecular complexity index is 774. The van der Waals surface area contributed by atoms with Crippen molar-refractivity contribution in [1.82, 2.24) is 5.32 Å². The van der Waals surface area contributed by atoms with Gasteiger partial charge in [0.15, 0.2) is 11.5 Å². The molecule has 2 N–H and O–H groups in total. The first kappa shape index (κ1) is 17.8. The van der Waals surface area contributed by atoms with Crippen LogP contribution in [0, 0.1) is 6.92 Å². The number of amides is 2. The first-order valence-corrected chi connectivity index (χ1v) is 8.62. The summed E-state index contributed by atoms with van der Waals surface area (Å²) in [5, 5.41) is 5.45. The molecule has 1 aliphatic heterocycles. The van der Waals surface area contributed by atoms with Gasteiger partial charge in [-0.1, -0.05) is 29.8 Å². The van der Waals surface area contributed by atoms with Crippen LogP contribution in [0.2, 0.25) is 0 Å². The minimum Gasteiger partial charge on any atom is -0.486 e. The van der Waals surface area contributed by atoms with E-state index in [1.54, 1.807) is 0 Å². The highest BCUT2D eigenvalue weighted by Crippen LogP contribution is 2.31. The van der Waals surface area contributed by atoms with Crippen molar-refractivity contribution < 1.29 is 19.1 Å². The Balaban J connectivity index is 1.36. The largest absolute Gasteiger partial charge is 0.486 e. The van der Waals surface area contributed by atoms with E-state index in [1.165, 1.54) is 0 Å². The molecule has 0 saturated carbocycles. The molecule has 1 heterocycles. The fourth-order valence-corrected chi connectivity index (χ4v) is 2.63. The monoisotopic (exact) mass is 354 g/mol. The van der Waals surface area contributed by atoms with E-state index in [2.05, 4.69) is 10.6 Å². The molecular weight excluding hydrogens is 332 g/mol. The van der Waals surface area contributed by atoms with Gasteiger partial charge in [-0.2, -0.15) is 0 Å². The van der Waals surface area contributed by atoms with Crippen molar-refractivity contribution in [2.45, 2.75) is 25.9 Å². The molecule has 1 unspecified atom stereocenters. The zero-order chi connectivity index (χ0) is 18.4. The molecule has 2 aromatic rings. The highest BCUT2D eigenvalue weighted by Gasteiger charge is 2.20. The maximum Gasteiger partial charge on any atom is 0.233 e. The molecule has 0 fully saturated rings. The first-order chi connectivity index (χ1) is 12.6. The standard InChI is InChI=1S/C20H22N2O4/c1-14-6-8-15(9-7-14)22-20(24)12-19(23)21-11-10-16-13-25-17-4-2-3-5-18(17)26-16/h2-9,16H,10-13H2,1H3,(H,21,23)(H,22,24). The number of hydrogen-bond donors (Lipinski definition) is 2. The minimum absolute atomic E-state index is 0.119. The number of benzene rings is 2. The first-order valence-electron chi connectivity index (χ1n) is 8.62. The third kappa shape index (κ3) is 4.99. The SMILES string of the molecule is Cc1ccc(NC(=O)CC(=O)NCCC2COc3ccccc3O2)cc1. The predicted molar refractivity (Wildman–Crippen MR) is 98.4 cm³/mol. The van der Waals surface area contributed by atoms with Crippen LogP contribution in [0.15, 0.2) is 48.5 Å². The molecule has 0 radical (unpaired) electrons. The van der Waals surface area contributed by atoms with Crippen LogP contribution >= 0.6 is 0 Å². The van der Waals surface area contributed by atoms with Crippen molar-refractivity contribution >= 4 is 17.5 Å². The topological polar surface area (TPSA) is 76.7 Å². The number of rotatable bonds is 6. The van der Waals surface area contributed by atoms with Crippen molar-refractivity contribution in [2.75, 3.05) is 18.5 Å². The number of anilines is 1. The third-order valence-electron chi connectivity index (χ3n) is 4.01. The summed E-state index contributed by atoms with van der Waals surface area (Å²) in [6, 6.07) is 14.9. The number of carbonyl (C=O) groups excluding carboxylic acids is 2. The molecule has 2 amide bonds.